The third kappa shape index (κ3) is 4.51. The van der Waals surface area contributed by atoms with Crippen LogP contribution in [0.2, 0.25) is 0 Å². The van der Waals surface area contributed by atoms with Gasteiger partial charge in [-0.2, -0.15) is 0 Å². The number of hydrogen-bond acceptors (Lipinski definition) is 4. The van der Waals surface area contributed by atoms with E-state index in [1.54, 1.807) is 25.1 Å². The highest BCUT2D eigenvalue weighted by atomic mass is 32.2. The Hall–Kier alpha value is -2.45. The van der Waals surface area contributed by atoms with Crippen LogP contribution in [-0.2, 0) is 10.0 Å². The van der Waals surface area contributed by atoms with E-state index in [4.69, 9.17) is 0 Å². The second-order valence-electron chi connectivity index (χ2n) is 6.97. The molecule has 1 unspecified atom stereocenters. The molecule has 28 heavy (non-hydrogen) atoms. The Kier molecular flexibility index (Phi) is 6.00. The molecule has 2 aromatic rings. The summed E-state index contributed by atoms with van der Waals surface area (Å²) in [5, 5.41) is 2.92. The van der Waals surface area contributed by atoms with Crippen molar-refractivity contribution in [1.82, 2.24) is 10.0 Å². The second kappa shape index (κ2) is 8.28. The molecule has 1 aliphatic heterocycles. The summed E-state index contributed by atoms with van der Waals surface area (Å²) in [5.41, 5.74) is 2.03. The first-order valence-electron chi connectivity index (χ1n) is 9.13. The first kappa shape index (κ1) is 20.3. The first-order chi connectivity index (χ1) is 13.3. The van der Waals surface area contributed by atoms with Crippen LogP contribution >= 0.6 is 0 Å². The zero-order valence-electron chi connectivity index (χ0n) is 15.9. The largest absolute Gasteiger partial charge is 0.371 e. The SMILES string of the molecule is CNS(=O)(=O)c1ccc(C)c(C(=O)NCC2CCN(c3ccc(F)cc3)C2)c1. The van der Waals surface area contributed by atoms with Crippen molar-refractivity contribution in [3.63, 3.8) is 0 Å². The third-order valence-electron chi connectivity index (χ3n) is 5.06. The molecule has 1 saturated heterocycles. The van der Waals surface area contributed by atoms with Gasteiger partial charge in [0.25, 0.3) is 5.91 Å². The van der Waals surface area contributed by atoms with E-state index >= 15 is 0 Å². The van der Waals surface area contributed by atoms with Crippen molar-refractivity contribution >= 4 is 21.6 Å². The fraction of sp³-hybridized carbons (Fsp3) is 0.350. The number of carbonyl (C=O) groups is 1. The van der Waals surface area contributed by atoms with Gasteiger partial charge in [0, 0.05) is 30.9 Å². The number of hydrogen-bond donors (Lipinski definition) is 2. The zero-order valence-corrected chi connectivity index (χ0v) is 16.7. The quantitative estimate of drug-likeness (QED) is 0.773. The number of nitrogens with zero attached hydrogens (tertiary/aromatic N) is 1. The lowest BCUT2D eigenvalue weighted by molar-refractivity contribution is 0.0947. The molecule has 1 amide bonds. The van der Waals surface area contributed by atoms with E-state index in [0.717, 1.165) is 25.2 Å². The summed E-state index contributed by atoms with van der Waals surface area (Å²) >= 11 is 0. The normalized spacial score (nSPS) is 17.0. The Labute approximate surface area is 164 Å². The lowest BCUT2D eigenvalue weighted by Gasteiger charge is -2.19. The molecular weight excluding hydrogens is 381 g/mol. The summed E-state index contributed by atoms with van der Waals surface area (Å²) in [6.07, 6.45) is 0.921. The van der Waals surface area contributed by atoms with Crippen LogP contribution in [0.3, 0.4) is 0 Å². The van der Waals surface area contributed by atoms with E-state index in [2.05, 4.69) is 14.9 Å². The van der Waals surface area contributed by atoms with Crippen molar-refractivity contribution in [2.24, 2.45) is 5.92 Å². The van der Waals surface area contributed by atoms with Gasteiger partial charge in [0.05, 0.1) is 4.90 Å². The van der Waals surface area contributed by atoms with Gasteiger partial charge in [0.15, 0.2) is 0 Å². The number of nitrogens with one attached hydrogen (secondary N) is 2. The molecule has 1 aliphatic rings. The number of amides is 1. The molecule has 1 fully saturated rings. The van der Waals surface area contributed by atoms with E-state index < -0.39 is 10.0 Å². The fourth-order valence-electron chi connectivity index (χ4n) is 3.35. The average molecular weight is 405 g/mol. The Balaban J connectivity index is 1.62. The Bertz CT molecular complexity index is 961. The van der Waals surface area contributed by atoms with E-state index in [9.17, 15) is 17.6 Å². The van der Waals surface area contributed by atoms with Crippen molar-refractivity contribution < 1.29 is 17.6 Å². The minimum absolute atomic E-state index is 0.0640. The lowest BCUT2D eigenvalue weighted by atomic mass is 10.1. The van der Waals surface area contributed by atoms with Gasteiger partial charge >= 0.3 is 0 Å². The summed E-state index contributed by atoms with van der Waals surface area (Å²) in [6.45, 7) is 3.90. The number of rotatable bonds is 6. The van der Waals surface area contributed by atoms with Crippen molar-refractivity contribution in [2.45, 2.75) is 18.2 Å². The Morgan fingerprint density at radius 3 is 2.61 bits per heavy atom. The van der Waals surface area contributed by atoms with Crippen LogP contribution in [0.25, 0.3) is 0 Å². The first-order valence-corrected chi connectivity index (χ1v) is 10.6. The molecule has 0 radical (unpaired) electrons. The summed E-state index contributed by atoms with van der Waals surface area (Å²) in [4.78, 5) is 14.8. The van der Waals surface area contributed by atoms with Crippen LogP contribution in [0.15, 0.2) is 47.4 Å². The molecule has 0 aliphatic carbocycles. The molecule has 1 heterocycles. The molecule has 2 N–H and O–H groups in total. The number of anilines is 1. The molecule has 8 heteroatoms. The number of halogens is 1. The highest BCUT2D eigenvalue weighted by Crippen LogP contribution is 2.24. The number of aryl methyl sites for hydroxylation is 1. The van der Waals surface area contributed by atoms with Gasteiger partial charge in [0.2, 0.25) is 10.0 Å². The van der Waals surface area contributed by atoms with Crippen molar-refractivity contribution in [2.75, 3.05) is 31.6 Å². The molecule has 150 valence electrons. The standard InChI is InChI=1S/C20H24FN3O3S/c1-14-3-8-18(28(26,27)22-2)11-19(14)20(25)23-12-15-9-10-24(13-15)17-6-4-16(21)5-7-17/h3-8,11,15,22H,9-10,12-13H2,1-2H3,(H,23,25). The van der Waals surface area contributed by atoms with Crippen LogP contribution in [-0.4, -0.2) is 41.0 Å². The summed E-state index contributed by atoms with van der Waals surface area (Å²) in [6, 6.07) is 10.9. The number of carbonyl (C=O) groups excluding carboxylic acids is 1. The van der Waals surface area contributed by atoms with Gasteiger partial charge in [-0.05, 0) is 68.3 Å². The minimum atomic E-state index is -3.61. The molecule has 0 bridgehead atoms. The van der Waals surface area contributed by atoms with Crippen LogP contribution in [0.5, 0.6) is 0 Å². The Morgan fingerprint density at radius 1 is 1.21 bits per heavy atom. The predicted molar refractivity (Wildman–Crippen MR) is 106 cm³/mol. The van der Waals surface area contributed by atoms with Crippen molar-refractivity contribution in [3.8, 4) is 0 Å². The molecule has 2 aromatic carbocycles. The highest BCUT2D eigenvalue weighted by molar-refractivity contribution is 7.89. The van der Waals surface area contributed by atoms with E-state index in [-0.39, 0.29) is 22.5 Å². The van der Waals surface area contributed by atoms with Gasteiger partial charge in [0.1, 0.15) is 5.82 Å². The summed E-state index contributed by atoms with van der Waals surface area (Å²) < 4.78 is 39.3. The van der Waals surface area contributed by atoms with Crippen LogP contribution in [0, 0.1) is 18.7 Å². The van der Waals surface area contributed by atoms with Crippen LogP contribution in [0.4, 0.5) is 10.1 Å². The topological polar surface area (TPSA) is 78.5 Å². The molecule has 3 rings (SSSR count). The third-order valence-corrected chi connectivity index (χ3v) is 6.47. The molecule has 0 saturated carbocycles. The average Bonchev–Trinajstić information content (AvgIpc) is 3.16. The lowest BCUT2D eigenvalue weighted by Crippen LogP contribution is -2.31. The fourth-order valence-corrected chi connectivity index (χ4v) is 4.10. The smallest absolute Gasteiger partial charge is 0.251 e. The second-order valence-corrected chi connectivity index (χ2v) is 8.86. The number of benzene rings is 2. The van der Waals surface area contributed by atoms with Gasteiger partial charge < -0.3 is 10.2 Å². The van der Waals surface area contributed by atoms with Crippen molar-refractivity contribution in [1.29, 1.82) is 0 Å². The molecule has 1 atom stereocenters. The summed E-state index contributed by atoms with van der Waals surface area (Å²) in [7, 11) is -2.27. The van der Waals surface area contributed by atoms with Crippen LogP contribution in [0.1, 0.15) is 22.3 Å². The van der Waals surface area contributed by atoms with E-state index in [1.165, 1.54) is 31.3 Å². The van der Waals surface area contributed by atoms with Crippen LogP contribution < -0.4 is 14.9 Å². The highest BCUT2D eigenvalue weighted by Gasteiger charge is 2.24. The maximum absolute atomic E-state index is 13.1. The maximum Gasteiger partial charge on any atom is 0.251 e. The van der Waals surface area contributed by atoms with Crippen molar-refractivity contribution in [3.05, 3.63) is 59.4 Å². The van der Waals surface area contributed by atoms with Gasteiger partial charge in [-0.25, -0.2) is 17.5 Å². The van der Waals surface area contributed by atoms with E-state index in [0.29, 0.717) is 17.7 Å². The van der Waals surface area contributed by atoms with Gasteiger partial charge in [-0.3, -0.25) is 4.79 Å². The summed E-state index contributed by atoms with van der Waals surface area (Å²) in [5.74, 6) is -0.269. The molecule has 0 aromatic heterocycles. The zero-order chi connectivity index (χ0) is 20.3. The predicted octanol–water partition coefficient (Wildman–Crippen LogP) is 2.30. The number of sulfonamides is 1. The van der Waals surface area contributed by atoms with Gasteiger partial charge in [-0.1, -0.05) is 6.07 Å². The van der Waals surface area contributed by atoms with E-state index in [1.807, 2.05) is 0 Å². The minimum Gasteiger partial charge on any atom is -0.371 e. The van der Waals surface area contributed by atoms with Gasteiger partial charge in [-0.15, -0.1) is 0 Å². The molecule has 6 nitrogen and oxygen atoms in total. The molecular formula is C20H24FN3O3S. The Morgan fingerprint density at radius 2 is 1.93 bits per heavy atom. The molecule has 0 spiro atoms. The maximum atomic E-state index is 13.1. The monoisotopic (exact) mass is 405 g/mol.